The maximum Gasteiger partial charge on any atom is 0.209 e. The van der Waals surface area contributed by atoms with Crippen LogP contribution in [-0.2, 0) is 0 Å². The zero-order valence-corrected chi connectivity index (χ0v) is 16.8. The third-order valence-electron chi connectivity index (χ3n) is 3.68. The molecule has 27 heavy (non-hydrogen) atoms. The topological polar surface area (TPSA) is 86.0 Å². The second-order valence-corrected chi connectivity index (χ2v) is 7.65. The smallest absolute Gasteiger partial charge is 0.209 e. The van der Waals surface area contributed by atoms with E-state index < -0.39 is 0 Å². The number of hydrogen-bond acceptors (Lipinski definition) is 8. The van der Waals surface area contributed by atoms with E-state index in [2.05, 4.69) is 38.4 Å². The van der Waals surface area contributed by atoms with Crippen LogP contribution in [-0.4, -0.2) is 36.4 Å². The van der Waals surface area contributed by atoms with Gasteiger partial charge in [0, 0.05) is 23.0 Å². The summed E-state index contributed by atoms with van der Waals surface area (Å²) in [7, 11) is 0. The van der Waals surface area contributed by atoms with E-state index in [1.165, 1.54) is 42.2 Å². The molecule has 0 aliphatic carbocycles. The molecule has 0 unspecified atom stereocenters. The van der Waals surface area contributed by atoms with Gasteiger partial charge in [-0.2, -0.15) is 5.26 Å². The third kappa shape index (κ3) is 5.19. The predicted molar refractivity (Wildman–Crippen MR) is 113 cm³/mol. The van der Waals surface area contributed by atoms with E-state index in [4.69, 9.17) is 16.9 Å². The first-order valence-electron chi connectivity index (χ1n) is 8.21. The molecule has 1 aliphatic heterocycles. The van der Waals surface area contributed by atoms with Gasteiger partial charge in [-0.05, 0) is 44.4 Å². The Labute approximate surface area is 170 Å². The number of thiazole rings is 2. The third-order valence-corrected chi connectivity index (χ3v) is 5.65. The Morgan fingerprint density at radius 1 is 1.15 bits per heavy atom. The van der Waals surface area contributed by atoms with Gasteiger partial charge in [0.05, 0.1) is 16.7 Å². The first-order valence-corrected chi connectivity index (χ1v) is 10.3. The second-order valence-electron chi connectivity index (χ2n) is 5.55. The summed E-state index contributed by atoms with van der Waals surface area (Å²) in [6, 6.07) is 7.23. The number of benzene rings is 1. The monoisotopic (exact) mass is 416 g/mol. The summed E-state index contributed by atoms with van der Waals surface area (Å²) in [5.41, 5.74) is 2.83. The Hall–Kier alpha value is -2.15. The number of hydrogen-bond donors (Lipinski definition) is 2. The Morgan fingerprint density at radius 3 is 2.48 bits per heavy atom. The highest BCUT2D eigenvalue weighted by molar-refractivity contribution is 7.14. The molecule has 2 N–H and O–H groups in total. The number of nitriles is 1. The highest BCUT2D eigenvalue weighted by Crippen LogP contribution is 2.34. The second kappa shape index (κ2) is 9.69. The molecule has 1 aromatic carbocycles. The van der Waals surface area contributed by atoms with Gasteiger partial charge in [0.25, 0.3) is 0 Å². The van der Waals surface area contributed by atoms with E-state index in [9.17, 15) is 0 Å². The van der Waals surface area contributed by atoms with Crippen molar-refractivity contribution in [3.63, 3.8) is 0 Å². The number of nitrogens with one attached hydrogen (secondary N) is 2. The van der Waals surface area contributed by atoms with Crippen molar-refractivity contribution in [3.05, 3.63) is 39.5 Å². The number of aromatic nitrogens is 2. The summed E-state index contributed by atoms with van der Waals surface area (Å²) in [6.07, 6.45) is 1.28. The molecule has 0 spiro atoms. The van der Waals surface area contributed by atoms with Crippen LogP contribution in [0.4, 0.5) is 5.13 Å². The highest BCUT2D eigenvalue weighted by atomic mass is 35.5. The van der Waals surface area contributed by atoms with Crippen LogP contribution in [0.1, 0.15) is 12.0 Å². The van der Waals surface area contributed by atoms with Crippen LogP contribution in [0.3, 0.4) is 0 Å². The van der Waals surface area contributed by atoms with Crippen molar-refractivity contribution in [2.24, 2.45) is 4.99 Å². The summed E-state index contributed by atoms with van der Waals surface area (Å²) >= 11 is 9.06. The average molecular weight is 417 g/mol. The molecule has 1 saturated heterocycles. The molecule has 6 nitrogen and oxygen atoms in total. The van der Waals surface area contributed by atoms with E-state index in [1.54, 1.807) is 18.2 Å². The summed E-state index contributed by atoms with van der Waals surface area (Å²) in [6.45, 7) is 6.83. The Bertz CT molecular complexity index is 943. The van der Waals surface area contributed by atoms with Gasteiger partial charge >= 0.3 is 0 Å². The van der Waals surface area contributed by atoms with Gasteiger partial charge in [0.15, 0.2) is 0 Å². The normalized spacial score (nSPS) is 13.3. The molecule has 0 atom stereocenters. The first kappa shape index (κ1) is 19.6. The Morgan fingerprint density at radius 2 is 1.89 bits per heavy atom. The van der Waals surface area contributed by atoms with Gasteiger partial charge in [-0.1, -0.05) is 11.6 Å². The minimum atomic E-state index is 0.554. The van der Waals surface area contributed by atoms with Gasteiger partial charge in [-0.15, -0.1) is 22.7 Å². The first-order chi connectivity index (χ1) is 13.2. The van der Waals surface area contributed by atoms with E-state index >= 15 is 0 Å². The maximum atomic E-state index is 8.98. The number of halogens is 1. The number of rotatable bonds is 3. The van der Waals surface area contributed by atoms with Crippen molar-refractivity contribution in [1.82, 2.24) is 20.6 Å². The molecule has 9 heteroatoms. The van der Waals surface area contributed by atoms with Crippen molar-refractivity contribution in [3.8, 4) is 28.0 Å². The standard InChI is InChI=1S/C14H7ClN4S2.C4H10N2/c1-17-14-19-12(7-21-14)11-6-20-13(18-11)9-4-8(5-16)2-3-10(9)15;1-2-5-4-6-3-1/h2-4,6-7H,1H2;5-6H,1-4H2. The molecule has 4 rings (SSSR count). The predicted octanol–water partition coefficient (Wildman–Crippen LogP) is 4.32. The quantitative estimate of drug-likeness (QED) is 0.621. The summed E-state index contributed by atoms with van der Waals surface area (Å²) < 4.78 is 0. The van der Waals surface area contributed by atoms with Crippen molar-refractivity contribution < 1.29 is 0 Å². The summed E-state index contributed by atoms with van der Waals surface area (Å²) in [4.78, 5) is 12.6. The zero-order valence-electron chi connectivity index (χ0n) is 14.4. The molecule has 1 fully saturated rings. The molecule has 0 saturated carbocycles. The minimum Gasteiger partial charge on any atom is -0.304 e. The lowest BCUT2D eigenvalue weighted by Gasteiger charge is -2.11. The molecule has 3 heterocycles. The lowest BCUT2D eigenvalue weighted by Crippen LogP contribution is -2.37. The molecule has 2 aromatic heterocycles. The van der Waals surface area contributed by atoms with Crippen LogP contribution < -0.4 is 10.6 Å². The van der Waals surface area contributed by atoms with Gasteiger partial charge in [0.1, 0.15) is 16.4 Å². The Kier molecular flexibility index (Phi) is 7.04. The van der Waals surface area contributed by atoms with Crippen LogP contribution >= 0.6 is 34.3 Å². The van der Waals surface area contributed by atoms with Gasteiger partial charge in [-0.25, -0.2) is 15.0 Å². The zero-order chi connectivity index (χ0) is 19.1. The Balaban J connectivity index is 0.000000299. The largest absolute Gasteiger partial charge is 0.304 e. The molecular formula is C18H17ClN6S2. The fourth-order valence-electron chi connectivity index (χ4n) is 2.33. The van der Waals surface area contributed by atoms with E-state index in [0.29, 0.717) is 15.7 Å². The fourth-order valence-corrected chi connectivity index (χ4v) is 4.05. The van der Waals surface area contributed by atoms with Gasteiger partial charge in [-0.3, -0.25) is 0 Å². The number of aliphatic imine (C=N–C) groups is 1. The summed E-state index contributed by atoms with van der Waals surface area (Å²) in [5.74, 6) is 0. The average Bonchev–Trinajstić information content (AvgIpc) is 3.39. The van der Waals surface area contributed by atoms with Crippen LogP contribution in [0.2, 0.25) is 5.02 Å². The molecule has 3 aromatic rings. The van der Waals surface area contributed by atoms with Crippen LogP contribution in [0.5, 0.6) is 0 Å². The van der Waals surface area contributed by atoms with Crippen LogP contribution in [0, 0.1) is 11.3 Å². The molecule has 138 valence electrons. The fraction of sp³-hybridized carbons (Fsp3) is 0.222. The van der Waals surface area contributed by atoms with Gasteiger partial charge in [0.2, 0.25) is 5.13 Å². The molecule has 0 radical (unpaired) electrons. The van der Waals surface area contributed by atoms with Gasteiger partial charge < -0.3 is 10.6 Å². The summed E-state index contributed by atoms with van der Waals surface area (Å²) in [5, 5.41) is 21.1. The number of nitrogens with zero attached hydrogens (tertiary/aromatic N) is 4. The minimum absolute atomic E-state index is 0.554. The SMILES string of the molecule is C1CNCNC1.C=Nc1nc(-c2csc(-c3cc(C#N)ccc3Cl)n2)cs1. The van der Waals surface area contributed by atoms with Crippen LogP contribution in [0.25, 0.3) is 22.0 Å². The molecular weight excluding hydrogens is 400 g/mol. The van der Waals surface area contributed by atoms with Crippen molar-refractivity contribution in [2.45, 2.75) is 6.42 Å². The van der Waals surface area contributed by atoms with Crippen LogP contribution in [0.15, 0.2) is 34.0 Å². The molecule has 1 aliphatic rings. The highest BCUT2D eigenvalue weighted by Gasteiger charge is 2.12. The lowest BCUT2D eigenvalue weighted by molar-refractivity contribution is 0.496. The molecule has 0 amide bonds. The molecule has 0 bridgehead atoms. The van der Waals surface area contributed by atoms with E-state index in [0.717, 1.165) is 28.6 Å². The van der Waals surface area contributed by atoms with Crippen molar-refractivity contribution in [2.75, 3.05) is 19.8 Å². The maximum absolute atomic E-state index is 8.98. The lowest BCUT2D eigenvalue weighted by atomic mass is 10.1. The van der Waals surface area contributed by atoms with E-state index in [-0.39, 0.29) is 0 Å². The van der Waals surface area contributed by atoms with E-state index in [1.807, 2.05) is 10.8 Å². The van der Waals surface area contributed by atoms with Crippen molar-refractivity contribution >= 4 is 46.1 Å². The van der Waals surface area contributed by atoms with Crippen molar-refractivity contribution in [1.29, 1.82) is 5.26 Å².